The molecule has 1 N–H and O–H groups in total. The highest BCUT2D eigenvalue weighted by atomic mass is 35.5. The second-order valence-corrected chi connectivity index (χ2v) is 3.08. The minimum absolute atomic E-state index is 0. The summed E-state index contributed by atoms with van der Waals surface area (Å²) in [5, 5.41) is 11.3. The van der Waals surface area contributed by atoms with E-state index in [9.17, 15) is 0 Å². The van der Waals surface area contributed by atoms with Gasteiger partial charge in [0.1, 0.15) is 11.6 Å². The average Bonchev–Trinajstić information content (AvgIpc) is 2.38. The third-order valence-corrected chi connectivity index (χ3v) is 2.17. The average molecular weight is 255 g/mol. The van der Waals surface area contributed by atoms with Crippen LogP contribution in [0.2, 0.25) is 0 Å². The Bertz CT molecular complexity index is 292. The first kappa shape index (κ1) is 14.6. The molecule has 1 aromatic rings. The van der Waals surface area contributed by atoms with E-state index in [0.29, 0.717) is 0 Å². The minimum atomic E-state index is 0. The van der Waals surface area contributed by atoms with Crippen molar-refractivity contribution in [3.8, 4) is 0 Å². The number of ether oxygens (including phenoxy) is 1. The lowest BCUT2D eigenvalue weighted by atomic mass is 10.4. The fourth-order valence-electron chi connectivity index (χ4n) is 1.53. The largest absolute Gasteiger partial charge is 0.379 e. The van der Waals surface area contributed by atoms with Crippen molar-refractivity contribution in [1.82, 2.24) is 20.1 Å². The van der Waals surface area contributed by atoms with Crippen molar-refractivity contribution >= 4 is 24.8 Å². The standard InChI is InChI=1S/C8H14N4O.2ClH/c1-9-6-8-11-10-7-2-4-13-5-3-12(7)8;;/h9H,2-6H2,1H3;2*1H. The number of hydrogen-bond donors (Lipinski definition) is 1. The van der Waals surface area contributed by atoms with Crippen LogP contribution >= 0.6 is 24.8 Å². The maximum absolute atomic E-state index is 5.36. The van der Waals surface area contributed by atoms with Crippen LogP contribution in [-0.4, -0.2) is 35.0 Å². The summed E-state index contributed by atoms with van der Waals surface area (Å²) < 4.78 is 7.50. The summed E-state index contributed by atoms with van der Waals surface area (Å²) in [6.45, 7) is 3.17. The predicted molar refractivity (Wildman–Crippen MR) is 61.8 cm³/mol. The van der Waals surface area contributed by atoms with E-state index in [4.69, 9.17) is 4.74 Å². The van der Waals surface area contributed by atoms with Crippen LogP contribution in [0.3, 0.4) is 0 Å². The van der Waals surface area contributed by atoms with Gasteiger partial charge in [-0.05, 0) is 7.05 Å². The van der Waals surface area contributed by atoms with Crippen LogP contribution in [-0.2, 0) is 24.2 Å². The molecule has 5 nitrogen and oxygen atoms in total. The molecule has 0 aromatic carbocycles. The maximum atomic E-state index is 5.36. The molecule has 15 heavy (non-hydrogen) atoms. The van der Waals surface area contributed by atoms with Crippen LogP contribution in [0, 0.1) is 0 Å². The number of nitrogens with zero attached hydrogens (tertiary/aromatic N) is 3. The Morgan fingerprint density at radius 3 is 2.87 bits per heavy atom. The molecule has 0 amide bonds. The van der Waals surface area contributed by atoms with Gasteiger partial charge in [-0.15, -0.1) is 35.0 Å². The first-order valence-electron chi connectivity index (χ1n) is 4.55. The van der Waals surface area contributed by atoms with Gasteiger partial charge in [-0.2, -0.15) is 0 Å². The number of rotatable bonds is 2. The molecule has 0 saturated heterocycles. The van der Waals surface area contributed by atoms with E-state index in [1.165, 1.54) is 0 Å². The van der Waals surface area contributed by atoms with E-state index in [1.807, 2.05) is 7.05 Å². The van der Waals surface area contributed by atoms with Gasteiger partial charge in [0.15, 0.2) is 0 Å². The number of halogens is 2. The molecule has 1 aliphatic rings. The molecular formula is C8H16Cl2N4O. The fraction of sp³-hybridized carbons (Fsp3) is 0.750. The lowest BCUT2D eigenvalue weighted by Gasteiger charge is -2.04. The highest BCUT2D eigenvalue weighted by Gasteiger charge is 2.13. The molecule has 0 saturated carbocycles. The molecule has 0 atom stereocenters. The molecule has 2 rings (SSSR count). The van der Waals surface area contributed by atoms with Crippen LogP contribution in [0.5, 0.6) is 0 Å². The van der Waals surface area contributed by atoms with E-state index in [1.54, 1.807) is 0 Å². The van der Waals surface area contributed by atoms with Gasteiger partial charge in [0.05, 0.1) is 19.8 Å². The molecule has 0 spiro atoms. The van der Waals surface area contributed by atoms with E-state index in [-0.39, 0.29) is 24.8 Å². The Labute approximate surface area is 101 Å². The van der Waals surface area contributed by atoms with E-state index >= 15 is 0 Å². The predicted octanol–water partition coefficient (Wildman–Crippen LogP) is 0.414. The topological polar surface area (TPSA) is 52.0 Å². The van der Waals surface area contributed by atoms with Crippen LogP contribution in [0.15, 0.2) is 0 Å². The third-order valence-electron chi connectivity index (χ3n) is 2.17. The molecule has 0 aliphatic carbocycles. The Morgan fingerprint density at radius 1 is 1.33 bits per heavy atom. The number of aromatic nitrogens is 3. The van der Waals surface area contributed by atoms with E-state index in [2.05, 4.69) is 20.1 Å². The zero-order chi connectivity index (χ0) is 9.10. The minimum Gasteiger partial charge on any atom is -0.379 e. The zero-order valence-electron chi connectivity index (χ0n) is 8.60. The SMILES string of the molecule is CNCc1nnc2n1CCOCC2.Cl.Cl. The van der Waals surface area contributed by atoms with Gasteiger partial charge >= 0.3 is 0 Å². The van der Waals surface area contributed by atoms with Crippen molar-refractivity contribution in [1.29, 1.82) is 0 Å². The molecule has 7 heteroatoms. The summed E-state index contributed by atoms with van der Waals surface area (Å²) in [7, 11) is 1.91. The molecule has 0 bridgehead atoms. The van der Waals surface area contributed by atoms with Gasteiger partial charge in [-0.3, -0.25) is 0 Å². The van der Waals surface area contributed by atoms with Gasteiger partial charge in [0.2, 0.25) is 0 Å². The molecule has 1 aromatic heterocycles. The van der Waals surface area contributed by atoms with Crippen molar-refractivity contribution in [3.63, 3.8) is 0 Å². The van der Waals surface area contributed by atoms with E-state index in [0.717, 1.165) is 44.4 Å². The Balaban J connectivity index is 0.000000980. The van der Waals surface area contributed by atoms with Gasteiger partial charge in [0, 0.05) is 13.0 Å². The Kier molecular flexibility index (Phi) is 6.84. The molecule has 88 valence electrons. The molecule has 0 fully saturated rings. The summed E-state index contributed by atoms with van der Waals surface area (Å²) in [4.78, 5) is 0. The van der Waals surface area contributed by atoms with Crippen molar-refractivity contribution in [3.05, 3.63) is 11.6 Å². The lowest BCUT2D eigenvalue weighted by molar-refractivity contribution is 0.139. The van der Waals surface area contributed by atoms with Crippen LogP contribution < -0.4 is 5.32 Å². The summed E-state index contributed by atoms with van der Waals surface area (Å²) in [6.07, 6.45) is 0.872. The quantitative estimate of drug-likeness (QED) is 0.831. The number of nitrogens with one attached hydrogen (secondary N) is 1. The first-order chi connectivity index (χ1) is 6.42. The van der Waals surface area contributed by atoms with Crippen LogP contribution in [0.1, 0.15) is 11.6 Å². The smallest absolute Gasteiger partial charge is 0.147 e. The molecule has 1 aliphatic heterocycles. The molecule has 2 heterocycles. The molecule has 0 unspecified atom stereocenters. The van der Waals surface area contributed by atoms with Crippen molar-refractivity contribution in [2.45, 2.75) is 19.5 Å². The third kappa shape index (κ3) is 3.31. The normalized spacial score (nSPS) is 14.5. The highest BCUT2D eigenvalue weighted by molar-refractivity contribution is 5.85. The van der Waals surface area contributed by atoms with Crippen LogP contribution in [0.4, 0.5) is 0 Å². The monoisotopic (exact) mass is 254 g/mol. The summed E-state index contributed by atoms with van der Waals surface area (Å²) in [5.74, 6) is 2.05. The van der Waals surface area contributed by atoms with Gasteiger partial charge < -0.3 is 14.6 Å². The highest BCUT2D eigenvalue weighted by Crippen LogP contribution is 2.06. The van der Waals surface area contributed by atoms with Gasteiger partial charge in [-0.1, -0.05) is 0 Å². The molecule has 0 radical (unpaired) electrons. The van der Waals surface area contributed by atoms with Crippen molar-refractivity contribution < 1.29 is 4.74 Å². The fourth-order valence-corrected chi connectivity index (χ4v) is 1.53. The Hall–Kier alpha value is -0.360. The van der Waals surface area contributed by atoms with E-state index < -0.39 is 0 Å². The van der Waals surface area contributed by atoms with Gasteiger partial charge in [0.25, 0.3) is 0 Å². The van der Waals surface area contributed by atoms with Crippen molar-refractivity contribution in [2.75, 3.05) is 20.3 Å². The summed E-state index contributed by atoms with van der Waals surface area (Å²) >= 11 is 0. The second-order valence-electron chi connectivity index (χ2n) is 3.08. The van der Waals surface area contributed by atoms with Crippen molar-refractivity contribution in [2.24, 2.45) is 0 Å². The van der Waals surface area contributed by atoms with Gasteiger partial charge in [-0.25, -0.2) is 0 Å². The first-order valence-corrected chi connectivity index (χ1v) is 4.55. The Morgan fingerprint density at radius 2 is 2.13 bits per heavy atom. The number of hydrogen-bond acceptors (Lipinski definition) is 4. The summed E-state index contributed by atoms with van der Waals surface area (Å²) in [5.41, 5.74) is 0. The maximum Gasteiger partial charge on any atom is 0.147 e. The van der Waals surface area contributed by atoms with Crippen LogP contribution in [0.25, 0.3) is 0 Å². The molecular weight excluding hydrogens is 239 g/mol. The lowest BCUT2D eigenvalue weighted by Crippen LogP contribution is -2.14. The summed E-state index contributed by atoms with van der Waals surface area (Å²) in [6, 6.07) is 0. The zero-order valence-corrected chi connectivity index (χ0v) is 10.2. The number of fused-ring (bicyclic) bond motifs is 1. The second kappa shape index (κ2) is 7.00.